The Hall–Kier alpha value is -1.14. The molecule has 5 nitrogen and oxygen atoms in total. The summed E-state index contributed by atoms with van der Waals surface area (Å²) in [4.78, 5) is 0. The first-order chi connectivity index (χ1) is 6.22. The first-order valence-corrected chi connectivity index (χ1v) is 4.16. The van der Waals surface area contributed by atoms with Gasteiger partial charge in [-0.3, -0.25) is 0 Å². The van der Waals surface area contributed by atoms with Crippen LogP contribution in [0.15, 0.2) is 12.1 Å². The second-order valence-electron chi connectivity index (χ2n) is 2.88. The second kappa shape index (κ2) is 5.56. The van der Waals surface area contributed by atoms with Gasteiger partial charge in [-0.1, -0.05) is 0 Å². The SMILES string of the molecule is N.NCc1cc(CN)c(O)c(CN)c1. The maximum atomic E-state index is 9.61. The Labute approximate surface area is 83.5 Å². The molecule has 0 bridgehead atoms. The maximum absolute atomic E-state index is 9.61. The Balaban J connectivity index is 0.00000169. The molecule has 10 N–H and O–H groups in total. The van der Waals surface area contributed by atoms with Crippen molar-refractivity contribution in [2.75, 3.05) is 0 Å². The number of benzene rings is 1. The van der Waals surface area contributed by atoms with Gasteiger partial charge in [0.1, 0.15) is 5.75 Å². The summed E-state index contributed by atoms with van der Waals surface area (Å²) in [5, 5.41) is 9.61. The van der Waals surface area contributed by atoms with Gasteiger partial charge in [0.2, 0.25) is 0 Å². The molecule has 0 atom stereocenters. The number of hydrogen-bond donors (Lipinski definition) is 5. The quantitative estimate of drug-likeness (QED) is 0.463. The lowest BCUT2D eigenvalue weighted by Crippen LogP contribution is -2.06. The average molecular weight is 198 g/mol. The third kappa shape index (κ3) is 2.43. The van der Waals surface area contributed by atoms with E-state index in [0.717, 1.165) is 5.56 Å². The van der Waals surface area contributed by atoms with Crippen molar-refractivity contribution in [3.05, 3.63) is 28.8 Å². The zero-order valence-corrected chi connectivity index (χ0v) is 8.16. The van der Waals surface area contributed by atoms with E-state index in [4.69, 9.17) is 17.2 Å². The van der Waals surface area contributed by atoms with E-state index in [1.54, 1.807) is 12.1 Å². The van der Waals surface area contributed by atoms with Crippen molar-refractivity contribution in [3.63, 3.8) is 0 Å². The Kier molecular flexibility index (Phi) is 5.11. The number of phenols is 1. The van der Waals surface area contributed by atoms with Crippen molar-refractivity contribution in [2.45, 2.75) is 19.6 Å². The fourth-order valence-electron chi connectivity index (χ4n) is 1.26. The van der Waals surface area contributed by atoms with E-state index in [1.807, 2.05) is 0 Å². The molecule has 1 aromatic carbocycles. The Morgan fingerprint density at radius 3 is 1.64 bits per heavy atom. The number of hydrogen-bond acceptors (Lipinski definition) is 5. The van der Waals surface area contributed by atoms with Crippen LogP contribution in [0.5, 0.6) is 5.75 Å². The summed E-state index contributed by atoms with van der Waals surface area (Å²) >= 11 is 0. The summed E-state index contributed by atoms with van der Waals surface area (Å²) in [5.74, 6) is 0.196. The summed E-state index contributed by atoms with van der Waals surface area (Å²) in [7, 11) is 0. The van der Waals surface area contributed by atoms with Crippen LogP contribution in [-0.4, -0.2) is 5.11 Å². The molecule has 0 aliphatic heterocycles. The molecule has 0 fully saturated rings. The van der Waals surface area contributed by atoms with Gasteiger partial charge in [0.15, 0.2) is 0 Å². The highest BCUT2D eigenvalue weighted by Crippen LogP contribution is 2.23. The Bertz CT molecular complexity index is 276. The van der Waals surface area contributed by atoms with Gasteiger partial charge >= 0.3 is 0 Å². The van der Waals surface area contributed by atoms with Gasteiger partial charge in [-0.15, -0.1) is 0 Å². The van der Waals surface area contributed by atoms with Crippen molar-refractivity contribution < 1.29 is 5.11 Å². The van der Waals surface area contributed by atoms with E-state index >= 15 is 0 Å². The van der Waals surface area contributed by atoms with Crippen molar-refractivity contribution >= 4 is 0 Å². The summed E-state index contributed by atoms with van der Waals surface area (Å²) in [6.45, 7) is 1.03. The molecule has 1 rings (SSSR count). The normalized spacial score (nSPS) is 9.64. The molecule has 0 radical (unpaired) electrons. The van der Waals surface area contributed by atoms with Gasteiger partial charge in [0.25, 0.3) is 0 Å². The summed E-state index contributed by atoms with van der Waals surface area (Å²) in [6.07, 6.45) is 0. The molecule has 0 aliphatic rings. The maximum Gasteiger partial charge on any atom is 0.124 e. The van der Waals surface area contributed by atoms with Gasteiger partial charge in [-0.2, -0.15) is 0 Å². The molecule has 0 aliphatic carbocycles. The van der Waals surface area contributed by atoms with Crippen LogP contribution < -0.4 is 23.4 Å². The van der Waals surface area contributed by atoms with Crippen LogP contribution in [-0.2, 0) is 19.6 Å². The molecule has 0 heterocycles. The fourth-order valence-corrected chi connectivity index (χ4v) is 1.26. The lowest BCUT2D eigenvalue weighted by atomic mass is 10.0. The monoisotopic (exact) mass is 198 g/mol. The highest BCUT2D eigenvalue weighted by atomic mass is 16.3. The van der Waals surface area contributed by atoms with Gasteiger partial charge in [-0.25, -0.2) is 0 Å². The molecule has 80 valence electrons. The topological polar surface area (TPSA) is 133 Å². The van der Waals surface area contributed by atoms with Crippen molar-refractivity contribution in [1.82, 2.24) is 6.15 Å². The van der Waals surface area contributed by atoms with Gasteiger partial charge in [-0.05, 0) is 17.7 Å². The molecule has 0 aromatic heterocycles. The van der Waals surface area contributed by atoms with Crippen molar-refractivity contribution in [3.8, 4) is 5.75 Å². The van der Waals surface area contributed by atoms with E-state index in [9.17, 15) is 5.11 Å². The molecular formula is C9H18N4O. The van der Waals surface area contributed by atoms with Gasteiger partial charge < -0.3 is 28.5 Å². The zero-order valence-electron chi connectivity index (χ0n) is 8.16. The van der Waals surface area contributed by atoms with Crippen molar-refractivity contribution in [1.29, 1.82) is 0 Å². The summed E-state index contributed by atoms with van der Waals surface area (Å²) in [5.41, 5.74) is 18.7. The van der Waals surface area contributed by atoms with Crippen LogP contribution in [0.2, 0.25) is 0 Å². The van der Waals surface area contributed by atoms with Gasteiger partial charge in [0, 0.05) is 30.8 Å². The predicted octanol–water partition coefficient (Wildman–Crippen LogP) is -0.0697. The minimum atomic E-state index is 0. The van der Waals surface area contributed by atoms with E-state index in [0.29, 0.717) is 30.8 Å². The second-order valence-corrected chi connectivity index (χ2v) is 2.88. The Morgan fingerprint density at radius 1 is 0.929 bits per heavy atom. The molecule has 0 amide bonds. The third-order valence-electron chi connectivity index (χ3n) is 2.00. The predicted molar refractivity (Wildman–Crippen MR) is 56.8 cm³/mol. The summed E-state index contributed by atoms with van der Waals surface area (Å²) in [6, 6.07) is 3.60. The lowest BCUT2D eigenvalue weighted by molar-refractivity contribution is 0.461. The third-order valence-corrected chi connectivity index (χ3v) is 2.00. The minimum absolute atomic E-state index is 0. The molecule has 0 unspecified atom stereocenters. The van der Waals surface area contributed by atoms with Crippen LogP contribution >= 0.6 is 0 Å². The highest BCUT2D eigenvalue weighted by Gasteiger charge is 2.06. The fraction of sp³-hybridized carbons (Fsp3) is 0.333. The standard InChI is InChI=1S/C9H15N3O.H3N/c10-3-6-1-7(4-11)9(13)8(2-6)5-12;/h1-2,13H,3-5,10-12H2;1H3. The Morgan fingerprint density at radius 2 is 1.36 bits per heavy atom. The van der Waals surface area contributed by atoms with E-state index < -0.39 is 0 Å². The molecule has 14 heavy (non-hydrogen) atoms. The summed E-state index contributed by atoms with van der Waals surface area (Å²) < 4.78 is 0. The average Bonchev–Trinajstić information content (AvgIpc) is 2.18. The van der Waals surface area contributed by atoms with Crippen LogP contribution in [0.3, 0.4) is 0 Å². The van der Waals surface area contributed by atoms with Gasteiger partial charge in [0.05, 0.1) is 0 Å². The molecule has 0 saturated heterocycles. The molecule has 1 aromatic rings. The smallest absolute Gasteiger partial charge is 0.124 e. The highest BCUT2D eigenvalue weighted by molar-refractivity contribution is 5.43. The first kappa shape index (κ1) is 12.9. The largest absolute Gasteiger partial charge is 0.507 e. The zero-order chi connectivity index (χ0) is 9.84. The lowest BCUT2D eigenvalue weighted by Gasteiger charge is -2.09. The van der Waals surface area contributed by atoms with Crippen LogP contribution in [0, 0.1) is 0 Å². The van der Waals surface area contributed by atoms with E-state index in [-0.39, 0.29) is 11.9 Å². The molecular weight excluding hydrogens is 180 g/mol. The number of rotatable bonds is 3. The van der Waals surface area contributed by atoms with E-state index in [2.05, 4.69) is 0 Å². The first-order valence-electron chi connectivity index (χ1n) is 4.16. The van der Waals surface area contributed by atoms with Crippen LogP contribution in [0.4, 0.5) is 0 Å². The van der Waals surface area contributed by atoms with Crippen LogP contribution in [0.25, 0.3) is 0 Å². The minimum Gasteiger partial charge on any atom is -0.507 e. The van der Waals surface area contributed by atoms with Crippen LogP contribution in [0.1, 0.15) is 16.7 Å². The molecule has 5 heteroatoms. The molecule has 0 spiro atoms. The number of aromatic hydroxyl groups is 1. The number of nitrogens with two attached hydrogens (primary N) is 3. The number of phenolic OH excluding ortho intramolecular Hbond substituents is 1. The van der Waals surface area contributed by atoms with Crippen molar-refractivity contribution in [2.24, 2.45) is 17.2 Å². The molecule has 0 saturated carbocycles. The van der Waals surface area contributed by atoms with E-state index in [1.165, 1.54) is 0 Å².